The average Bonchev–Trinajstić information content (AvgIpc) is 3.09. The molecule has 1 aliphatic rings. The number of ether oxygens (including phenoxy) is 1. The monoisotopic (exact) mass is 363 g/mol. The van der Waals surface area contributed by atoms with Crippen LogP contribution in [0.25, 0.3) is 0 Å². The molecule has 1 amide bonds. The number of carbonyl (C=O) groups is 1. The van der Waals surface area contributed by atoms with Gasteiger partial charge in [0.1, 0.15) is 5.75 Å². The van der Waals surface area contributed by atoms with Gasteiger partial charge in [-0.25, -0.2) is 0 Å². The van der Waals surface area contributed by atoms with Crippen molar-refractivity contribution in [2.75, 3.05) is 12.3 Å². The number of rotatable bonds is 8. The van der Waals surface area contributed by atoms with Crippen molar-refractivity contribution in [1.29, 1.82) is 0 Å². The zero-order valence-electron chi connectivity index (χ0n) is 16.1. The second-order valence-corrected chi connectivity index (χ2v) is 9.27. The zero-order chi connectivity index (χ0) is 18.3. The molecule has 1 N–H and O–H groups in total. The van der Waals surface area contributed by atoms with Gasteiger partial charge in [-0.05, 0) is 42.4 Å². The van der Waals surface area contributed by atoms with E-state index in [9.17, 15) is 4.79 Å². The summed E-state index contributed by atoms with van der Waals surface area (Å²) in [6.45, 7) is 9.28. The highest BCUT2D eigenvalue weighted by Gasteiger charge is 2.19. The van der Waals surface area contributed by atoms with Gasteiger partial charge in [-0.1, -0.05) is 52.7 Å². The van der Waals surface area contributed by atoms with Crippen LogP contribution in [0.1, 0.15) is 65.4 Å². The Labute approximate surface area is 157 Å². The number of amides is 1. The lowest BCUT2D eigenvalue weighted by Gasteiger charge is -2.21. The van der Waals surface area contributed by atoms with Crippen LogP contribution in [0.2, 0.25) is 0 Å². The Morgan fingerprint density at radius 2 is 1.88 bits per heavy atom. The molecule has 2 rings (SSSR count). The SMILES string of the molecule is CCC(Oc1ccc(C(C)(C)C)cc1)C(=O)NCCSC1CCCC1. The van der Waals surface area contributed by atoms with Crippen molar-refractivity contribution in [3.8, 4) is 5.75 Å². The molecule has 0 aromatic heterocycles. The van der Waals surface area contributed by atoms with E-state index >= 15 is 0 Å². The molecule has 1 aromatic carbocycles. The molecule has 1 fully saturated rings. The number of hydrogen-bond acceptors (Lipinski definition) is 3. The first kappa shape index (κ1) is 20.2. The van der Waals surface area contributed by atoms with E-state index in [1.54, 1.807) is 0 Å². The first-order valence-electron chi connectivity index (χ1n) is 9.56. The van der Waals surface area contributed by atoms with Crippen molar-refractivity contribution < 1.29 is 9.53 Å². The molecule has 140 valence electrons. The molecule has 3 nitrogen and oxygen atoms in total. The molecule has 1 saturated carbocycles. The summed E-state index contributed by atoms with van der Waals surface area (Å²) in [5.41, 5.74) is 1.39. The molecule has 1 aromatic rings. The summed E-state index contributed by atoms with van der Waals surface area (Å²) in [7, 11) is 0. The van der Waals surface area contributed by atoms with Gasteiger partial charge >= 0.3 is 0 Å². The first-order chi connectivity index (χ1) is 11.9. The summed E-state index contributed by atoms with van der Waals surface area (Å²) in [6.07, 6.45) is 5.65. The summed E-state index contributed by atoms with van der Waals surface area (Å²) in [6, 6.07) is 8.09. The van der Waals surface area contributed by atoms with E-state index in [1.807, 2.05) is 30.8 Å². The summed E-state index contributed by atoms with van der Waals surface area (Å²) >= 11 is 2.00. The second kappa shape index (κ2) is 9.51. The summed E-state index contributed by atoms with van der Waals surface area (Å²) in [4.78, 5) is 12.4. The fourth-order valence-electron chi connectivity index (χ4n) is 3.09. The quantitative estimate of drug-likeness (QED) is 0.665. The van der Waals surface area contributed by atoms with Crippen LogP contribution in [0.3, 0.4) is 0 Å². The Hall–Kier alpha value is -1.16. The average molecular weight is 364 g/mol. The minimum atomic E-state index is -0.419. The molecular formula is C21H33NO2S. The van der Waals surface area contributed by atoms with Crippen LogP contribution < -0.4 is 10.1 Å². The number of nitrogens with one attached hydrogen (secondary N) is 1. The number of benzene rings is 1. The minimum Gasteiger partial charge on any atom is -0.481 e. The maximum atomic E-state index is 12.4. The molecule has 0 heterocycles. The zero-order valence-corrected chi connectivity index (χ0v) is 17.0. The van der Waals surface area contributed by atoms with Gasteiger partial charge in [-0.2, -0.15) is 11.8 Å². The molecule has 1 atom stereocenters. The predicted molar refractivity (Wildman–Crippen MR) is 108 cm³/mol. The first-order valence-corrected chi connectivity index (χ1v) is 10.6. The molecule has 0 aliphatic heterocycles. The molecule has 0 bridgehead atoms. The lowest BCUT2D eigenvalue weighted by atomic mass is 9.87. The van der Waals surface area contributed by atoms with E-state index < -0.39 is 6.10 Å². The number of carbonyl (C=O) groups excluding carboxylic acids is 1. The van der Waals surface area contributed by atoms with Gasteiger partial charge < -0.3 is 10.1 Å². The van der Waals surface area contributed by atoms with Crippen LogP contribution in [-0.4, -0.2) is 29.6 Å². The van der Waals surface area contributed by atoms with Crippen LogP contribution in [-0.2, 0) is 10.2 Å². The lowest BCUT2D eigenvalue weighted by molar-refractivity contribution is -0.127. The summed E-state index contributed by atoms with van der Waals surface area (Å²) in [5, 5.41) is 3.83. The van der Waals surface area contributed by atoms with Crippen molar-refractivity contribution >= 4 is 17.7 Å². The van der Waals surface area contributed by atoms with Gasteiger partial charge in [0.25, 0.3) is 5.91 Å². The van der Waals surface area contributed by atoms with Crippen molar-refractivity contribution in [2.24, 2.45) is 0 Å². The lowest BCUT2D eigenvalue weighted by Crippen LogP contribution is -2.39. The second-order valence-electron chi connectivity index (χ2n) is 7.86. The largest absolute Gasteiger partial charge is 0.481 e. The van der Waals surface area contributed by atoms with Gasteiger partial charge in [0.05, 0.1) is 0 Å². The number of hydrogen-bond donors (Lipinski definition) is 1. The highest BCUT2D eigenvalue weighted by Crippen LogP contribution is 2.29. The van der Waals surface area contributed by atoms with Crippen molar-refractivity contribution in [1.82, 2.24) is 5.32 Å². The Balaban J connectivity index is 1.77. The van der Waals surface area contributed by atoms with E-state index in [1.165, 1.54) is 31.2 Å². The molecule has 1 unspecified atom stereocenters. The smallest absolute Gasteiger partial charge is 0.261 e. The standard InChI is InChI=1S/C21H33NO2S/c1-5-19(20(23)22-14-15-25-18-8-6-7-9-18)24-17-12-10-16(11-13-17)21(2,3)4/h10-13,18-19H,5-9,14-15H2,1-4H3,(H,22,23). The summed E-state index contributed by atoms with van der Waals surface area (Å²) in [5.74, 6) is 1.75. The third-order valence-electron chi connectivity index (χ3n) is 4.72. The van der Waals surface area contributed by atoms with E-state index in [4.69, 9.17) is 4.74 Å². The van der Waals surface area contributed by atoms with Crippen LogP contribution in [0, 0.1) is 0 Å². The Morgan fingerprint density at radius 3 is 2.44 bits per heavy atom. The molecule has 0 saturated heterocycles. The van der Waals surface area contributed by atoms with Crippen molar-refractivity contribution in [2.45, 2.75) is 76.6 Å². The minimum absolute atomic E-state index is 0.00517. The third kappa shape index (κ3) is 6.58. The molecule has 1 aliphatic carbocycles. The number of thioether (sulfide) groups is 1. The maximum Gasteiger partial charge on any atom is 0.261 e. The Kier molecular flexibility index (Phi) is 7.67. The topological polar surface area (TPSA) is 38.3 Å². The van der Waals surface area contributed by atoms with E-state index in [-0.39, 0.29) is 11.3 Å². The van der Waals surface area contributed by atoms with Crippen LogP contribution in [0.4, 0.5) is 0 Å². The third-order valence-corrected chi connectivity index (χ3v) is 6.10. The molecule has 0 spiro atoms. The van der Waals surface area contributed by atoms with Crippen LogP contribution >= 0.6 is 11.8 Å². The Bertz CT molecular complexity index is 530. The van der Waals surface area contributed by atoms with Gasteiger partial charge in [-0.3, -0.25) is 4.79 Å². The fraction of sp³-hybridized carbons (Fsp3) is 0.667. The van der Waals surface area contributed by atoms with Crippen LogP contribution in [0.5, 0.6) is 5.75 Å². The van der Waals surface area contributed by atoms with Crippen LogP contribution in [0.15, 0.2) is 24.3 Å². The highest BCUT2D eigenvalue weighted by atomic mass is 32.2. The summed E-state index contributed by atoms with van der Waals surface area (Å²) < 4.78 is 5.90. The van der Waals surface area contributed by atoms with Gasteiger partial charge in [0, 0.05) is 17.5 Å². The van der Waals surface area contributed by atoms with Gasteiger partial charge in [0.2, 0.25) is 0 Å². The molecule has 4 heteroatoms. The predicted octanol–water partition coefficient (Wildman–Crippen LogP) is 4.93. The Morgan fingerprint density at radius 1 is 1.24 bits per heavy atom. The molecule has 25 heavy (non-hydrogen) atoms. The van der Waals surface area contributed by atoms with E-state index in [0.717, 1.165) is 23.3 Å². The van der Waals surface area contributed by atoms with Crippen molar-refractivity contribution in [3.63, 3.8) is 0 Å². The van der Waals surface area contributed by atoms with Gasteiger partial charge in [-0.15, -0.1) is 0 Å². The van der Waals surface area contributed by atoms with E-state index in [2.05, 4.69) is 38.2 Å². The van der Waals surface area contributed by atoms with Gasteiger partial charge in [0.15, 0.2) is 6.10 Å². The molecule has 0 radical (unpaired) electrons. The fourth-order valence-corrected chi connectivity index (χ4v) is 4.31. The molecular weight excluding hydrogens is 330 g/mol. The van der Waals surface area contributed by atoms with Crippen molar-refractivity contribution in [3.05, 3.63) is 29.8 Å². The maximum absolute atomic E-state index is 12.4. The van der Waals surface area contributed by atoms with E-state index in [0.29, 0.717) is 6.42 Å². The highest BCUT2D eigenvalue weighted by molar-refractivity contribution is 7.99. The normalized spacial score (nSPS) is 16.6.